The van der Waals surface area contributed by atoms with Crippen LogP contribution in [-0.4, -0.2) is 21.3 Å². The van der Waals surface area contributed by atoms with E-state index in [1.54, 1.807) is 21.3 Å². The molecular formula is C31H26O4. The van der Waals surface area contributed by atoms with Crippen molar-refractivity contribution in [2.45, 2.75) is 0 Å². The Balaban J connectivity index is 1.70. The lowest BCUT2D eigenvalue weighted by Gasteiger charge is -2.10. The lowest BCUT2D eigenvalue weighted by atomic mass is 9.95. The third-order valence-electron chi connectivity index (χ3n) is 6.04. The van der Waals surface area contributed by atoms with E-state index in [9.17, 15) is 0 Å². The van der Waals surface area contributed by atoms with Gasteiger partial charge in [-0.1, -0.05) is 66.7 Å². The minimum absolute atomic E-state index is 0.646. The topological polar surface area (TPSA) is 40.8 Å². The quantitative estimate of drug-likeness (QED) is 0.232. The third kappa shape index (κ3) is 4.38. The summed E-state index contributed by atoms with van der Waals surface area (Å²) in [5.41, 5.74) is 6.05. The van der Waals surface area contributed by atoms with Crippen LogP contribution in [0.25, 0.3) is 33.9 Å². The van der Waals surface area contributed by atoms with Crippen molar-refractivity contribution in [1.29, 1.82) is 0 Å². The number of hydrogen-bond acceptors (Lipinski definition) is 4. The number of hydrogen-bond donors (Lipinski definition) is 0. The predicted octanol–water partition coefficient (Wildman–Crippen LogP) is 7.71. The van der Waals surface area contributed by atoms with Crippen molar-refractivity contribution in [2.24, 2.45) is 0 Å². The summed E-state index contributed by atoms with van der Waals surface area (Å²) >= 11 is 0. The maximum absolute atomic E-state index is 6.33. The summed E-state index contributed by atoms with van der Waals surface area (Å²) in [7, 11) is 4.91. The molecule has 5 aromatic rings. The van der Waals surface area contributed by atoms with Crippen LogP contribution in [-0.2, 0) is 0 Å². The molecule has 0 aliphatic rings. The standard InChI is InChI=1S/C31H26O4/c1-32-27-16-15-24(19-30(27)34-3)29-20-26-23(14-17-28(33-2)31(26)35-29)18-25(21-10-6-4-7-11-21)22-12-8-5-9-13-22/h4-20H,1-3H3. The Labute approximate surface area is 205 Å². The molecule has 4 nitrogen and oxygen atoms in total. The Morgan fingerprint density at radius 1 is 0.629 bits per heavy atom. The van der Waals surface area contributed by atoms with Gasteiger partial charge in [-0.25, -0.2) is 0 Å². The first-order chi connectivity index (χ1) is 17.2. The number of benzene rings is 4. The molecule has 0 atom stereocenters. The predicted molar refractivity (Wildman–Crippen MR) is 141 cm³/mol. The van der Waals surface area contributed by atoms with Gasteiger partial charge in [-0.3, -0.25) is 0 Å². The summed E-state index contributed by atoms with van der Waals surface area (Å²) in [6.45, 7) is 0. The molecule has 0 unspecified atom stereocenters. The van der Waals surface area contributed by atoms with E-state index < -0.39 is 0 Å². The van der Waals surface area contributed by atoms with Gasteiger partial charge >= 0.3 is 0 Å². The van der Waals surface area contributed by atoms with Gasteiger partial charge in [0.05, 0.1) is 21.3 Å². The van der Waals surface area contributed by atoms with E-state index >= 15 is 0 Å². The average molecular weight is 463 g/mol. The Kier molecular flexibility index (Phi) is 6.27. The highest BCUT2D eigenvalue weighted by Crippen LogP contribution is 2.39. The van der Waals surface area contributed by atoms with Crippen LogP contribution in [0.1, 0.15) is 16.7 Å². The maximum Gasteiger partial charge on any atom is 0.177 e. The second-order valence-electron chi connectivity index (χ2n) is 8.07. The van der Waals surface area contributed by atoms with Crippen LogP contribution in [0.2, 0.25) is 0 Å². The Hall–Kier alpha value is -4.44. The van der Waals surface area contributed by atoms with Gasteiger partial charge in [-0.2, -0.15) is 0 Å². The largest absolute Gasteiger partial charge is 0.493 e. The highest BCUT2D eigenvalue weighted by atomic mass is 16.5. The summed E-state index contributed by atoms with van der Waals surface area (Å²) < 4.78 is 22.8. The van der Waals surface area contributed by atoms with Gasteiger partial charge in [-0.15, -0.1) is 0 Å². The molecule has 5 rings (SSSR count). The molecule has 0 aliphatic carbocycles. The normalized spacial score (nSPS) is 10.7. The first-order valence-corrected chi connectivity index (χ1v) is 11.4. The Morgan fingerprint density at radius 2 is 1.23 bits per heavy atom. The molecule has 0 bridgehead atoms. The molecule has 4 aromatic carbocycles. The highest BCUT2D eigenvalue weighted by Gasteiger charge is 2.16. The van der Waals surface area contributed by atoms with Crippen molar-refractivity contribution >= 4 is 22.6 Å². The summed E-state index contributed by atoms with van der Waals surface area (Å²) in [5.74, 6) is 2.72. The maximum atomic E-state index is 6.33. The Morgan fingerprint density at radius 3 is 1.83 bits per heavy atom. The van der Waals surface area contributed by atoms with E-state index in [4.69, 9.17) is 18.6 Å². The van der Waals surface area contributed by atoms with Crippen LogP contribution in [0.5, 0.6) is 17.2 Å². The van der Waals surface area contributed by atoms with Crippen molar-refractivity contribution in [2.75, 3.05) is 21.3 Å². The minimum Gasteiger partial charge on any atom is -0.493 e. The number of ether oxygens (including phenoxy) is 3. The monoisotopic (exact) mass is 462 g/mol. The van der Waals surface area contributed by atoms with Gasteiger partial charge < -0.3 is 18.6 Å². The van der Waals surface area contributed by atoms with Crippen LogP contribution in [0, 0.1) is 0 Å². The number of methoxy groups -OCH3 is 3. The molecule has 35 heavy (non-hydrogen) atoms. The van der Waals surface area contributed by atoms with Crippen LogP contribution in [0.4, 0.5) is 0 Å². The van der Waals surface area contributed by atoms with Crippen molar-refractivity contribution in [1.82, 2.24) is 0 Å². The molecule has 1 aromatic heterocycles. The zero-order valence-corrected chi connectivity index (χ0v) is 19.9. The number of rotatable bonds is 7. The SMILES string of the molecule is COc1ccc(-c2cc3c(C=C(c4ccccc4)c4ccccc4)ccc(OC)c3o2)cc1OC. The van der Waals surface area contributed by atoms with Crippen molar-refractivity contribution in [3.05, 3.63) is 114 Å². The van der Waals surface area contributed by atoms with E-state index in [0.29, 0.717) is 22.8 Å². The minimum atomic E-state index is 0.646. The second kappa shape index (κ2) is 9.82. The van der Waals surface area contributed by atoms with Crippen LogP contribution in [0.3, 0.4) is 0 Å². The van der Waals surface area contributed by atoms with E-state index in [2.05, 4.69) is 66.7 Å². The number of fused-ring (bicyclic) bond motifs is 1. The fourth-order valence-corrected chi connectivity index (χ4v) is 4.26. The van der Waals surface area contributed by atoms with Gasteiger partial charge in [0.2, 0.25) is 0 Å². The fraction of sp³-hybridized carbons (Fsp3) is 0.0968. The summed E-state index contributed by atoms with van der Waals surface area (Å²) in [5, 5.41) is 0.971. The molecule has 0 aliphatic heterocycles. The summed E-state index contributed by atoms with van der Waals surface area (Å²) in [6.07, 6.45) is 2.21. The zero-order chi connectivity index (χ0) is 24.2. The van der Waals surface area contributed by atoms with Gasteiger partial charge in [0.1, 0.15) is 5.76 Å². The van der Waals surface area contributed by atoms with Crippen molar-refractivity contribution in [3.8, 4) is 28.6 Å². The molecule has 0 N–H and O–H groups in total. The molecule has 1 heterocycles. The molecule has 0 saturated heterocycles. The van der Waals surface area contributed by atoms with Gasteiger partial charge in [0.25, 0.3) is 0 Å². The van der Waals surface area contributed by atoms with Crippen molar-refractivity contribution < 1.29 is 18.6 Å². The smallest absolute Gasteiger partial charge is 0.177 e. The molecule has 0 fully saturated rings. The van der Waals surface area contributed by atoms with Crippen LogP contribution < -0.4 is 14.2 Å². The molecule has 0 saturated carbocycles. The van der Waals surface area contributed by atoms with Gasteiger partial charge in [0, 0.05) is 10.9 Å². The molecule has 0 radical (unpaired) electrons. The molecule has 0 amide bonds. The van der Waals surface area contributed by atoms with E-state index in [1.807, 2.05) is 36.4 Å². The van der Waals surface area contributed by atoms with Crippen molar-refractivity contribution in [3.63, 3.8) is 0 Å². The number of furan rings is 1. The lowest BCUT2D eigenvalue weighted by Crippen LogP contribution is -1.90. The third-order valence-corrected chi connectivity index (χ3v) is 6.04. The average Bonchev–Trinajstić information content (AvgIpc) is 3.38. The van der Waals surface area contributed by atoms with E-state index in [1.165, 1.54) is 0 Å². The molecule has 174 valence electrons. The molecule has 0 spiro atoms. The zero-order valence-electron chi connectivity index (χ0n) is 19.9. The van der Waals surface area contributed by atoms with E-state index in [0.717, 1.165) is 39.0 Å². The summed E-state index contributed by atoms with van der Waals surface area (Å²) in [6, 6.07) is 32.6. The fourth-order valence-electron chi connectivity index (χ4n) is 4.26. The van der Waals surface area contributed by atoms with Gasteiger partial charge in [-0.05, 0) is 58.7 Å². The molecular weight excluding hydrogens is 436 g/mol. The lowest BCUT2D eigenvalue weighted by molar-refractivity contribution is 0.355. The Bertz CT molecular complexity index is 1440. The van der Waals surface area contributed by atoms with Gasteiger partial charge in [0.15, 0.2) is 22.8 Å². The van der Waals surface area contributed by atoms with Crippen LogP contribution in [0.15, 0.2) is 101 Å². The summed E-state index contributed by atoms with van der Waals surface area (Å²) in [4.78, 5) is 0. The van der Waals surface area contributed by atoms with E-state index in [-0.39, 0.29) is 0 Å². The van der Waals surface area contributed by atoms with Crippen LogP contribution >= 0.6 is 0 Å². The first kappa shape index (κ1) is 22.4. The highest BCUT2D eigenvalue weighted by molar-refractivity contribution is 6.00. The molecule has 4 heteroatoms. The second-order valence-corrected chi connectivity index (χ2v) is 8.07. The first-order valence-electron chi connectivity index (χ1n) is 11.4.